The van der Waals surface area contributed by atoms with Crippen LogP contribution < -0.4 is 4.90 Å². The highest BCUT2D eigenvalue weighted by atomic mass is 16.3. The van der Waals surface area contributed by atoms with Gasteiger partial charge in [-0.3, -0.25) is 4.79 Å². The first-order valence-corrected chi connectivity index (χ1v) is 7.81. The van der Waals surface area contributed by atoms with Gasteiger partial charge in [0, 0.05) is 44.2 Å². The molecule has 22 heavy (non-hydrogen) atoms. The van der Waals surface area contributed by atoms with Crippen molar-refractivity contribution in [3.8, 4) is 0 Å². The number of nitrogens with zero attached hydrogens (tertiary/aromatic N) is 3. The molecule has 0 bridgehead atoms. The molecule has 0 radical (unpaired) electrons. The lowest BCUT2D eigenvalue weighted by atomic mass is 10.2. The lowest BCUT2D eigenvalue weighted by Gasteiger charge is -2.35. The third-order valence-corrected chi connectivity index (χ3v) is 4.58. The van der Waals surface area contributed by atoms with E-state index in [1.54, 1.807) is 6.26 Å². The van der Waals surface area contributed by atoms with Gasteiger partial charge in [-0.1, -0.05) is 6.07 Å². The van der Waals surface area contributed by atoms with Crippen molar-refractivity contribution in [1.82, 2.24) is 9.88 Å². The van der Waals surface area contributed by atoms with E-state index >= 15 is 0 Å². The second-order valence-corrected chi connectivity index (χ2v) is 5.96. The summed E-state index contributed by atoms with van der Waals surface area (Å²) < 4.78 is 5.41. The second kappa shape index (κ2) is 5.48. The highest BCUT2D eigenvalue weighted by Gasteiger charge is 2.47. The van der Waals surface area contributed by atoms with Crippen LogP contribution in [-0.2, 0) is 4.79 Å². The van der Waals surface area contributed by atoms with E-state index < -0.39 is 0 Å². The van der Waals surface area contributed by atoms with E-state index in [0.29, 0.717) is 0 Å². The van der Waals surface area contributed by atoms with Gasteiger partial charge in [0.15, 0.2) is 0 Å². The van der Waals surface area contributed by atoms with Gasteiger partial charge in [-0.05, 0) is 30.7 Å². The van der Waals surface area contributed by atoms with E-state index in [1.807, 2.05) is 41.4 Å². The van der Waals surface area contributed by atoms with Crippen molar-refractivity contribution in [3.05, 3.63) is 48.6 Å². The molecule has 2 aromatic rings. The van der Waals surface area contributed by atoms with Crippen molar-refractivity contribution in [3.63, 3.8) is 0 Å². The fraction of sp³-hybridized carbons (Fsp3) is 0.412. The first-order chi connectivity index (χ1) is 10.8. The lowest BCUT2D eigenvalue weighted by molar-refractivity contribution is -0.133. The van der Waals surface area contributed by atoms with Crippen molar-refractivity contribution in [2.24, 2.45) is 5.92 Å². The molecular weight excluding hydrogens is 278 g/mol. The molecule has 0 N–H and O–H groups in total. The monoisotopic (exact) mass is 297 g/mol. The Morgan fingerprint density at radius 1 is 1.14 bits per heavy atom. The number of piperazine rings is 1. The van der Waals surface area contributed by atoms with Gasteiger partial charge in [-0.25, -0.2) is 4.98 Å². The van der Waals surface area contributed by atoms with E-state index in [0.717, 1.165) is 44.2 Å². The quantitative estimate of drug-likeness (QED) is 0.871. The van der Waals surface area contributed by atoms with E-state index in [2.05, 4.69) is 9.88 Å². The number of carbonyl (C=O) groups excluding carboxylic acids is 1. The summed E-state index contributed by atoms with van der Waals surface area (Å²) in [5.41, 5.74) is 0. The van der Waals surface area contributed by atoms with Gasteiger partial charge >= 0.3 is 0 Å². The maximum atomic E-state index is 12.6. The molecule has 0 spiro atoms. The predicted molar refractivity (Wildman–Crippen MR) is 82.6 cm³/mol. The summed E-state index contributed by atoms with van der Waals surface area (Å²) >= 11 is 0. The minimum absolute atomic E-state index is 0.118. The number of carbonyl (C=O) groups is 1. The molecule has 0 aromatic carbocycles. The average molecular weight is 297 g/mol. The van der Waals surface area contributed by atoms with E-state index in [9.17, 15) is 4.79 Å². The minimum Gasteiger partial charge on any atom is -0.469 e. The third kappa shape index (κ3) is 2.47. The number of rotatable bonds is 3. The molecule has 1 amide bonds. The van der Waals surface area contributed by atoms with Gasteiger partial charge in [0.2, 0.25) is 5.91 Å². The van der Waals surface area contributed by atoms with Gasteiger partial charge < -0.3 is 14.2 Å². The molecule has 2 fully saturated rings. The van der Waals surface area contributed by atoms with Crippen molar-refractivity contribution < 1.29 is 9.21 Å². The van der Waals surface area contributed by atoms with Gasteiger partial charge in [0.25, 0.3) is 0 Å². The van der Waals surface area contributed by atoms with Crippen LogP contribution in [0.15, 0.2) is 47.2 Å². The maximum absolute atomic E-state index is 12.6. The van der Waals surface area contributed by atoms with Gasteiger partial charge in [-0.15, -0.1) is 0 Å². The molecule has 4 rings (SSSR count). The molecule has 2 atom stereocenters. The highest BCUT2D eigenvalue weighted by Crippen LogP contribution is 2.48. The zero-order valence-electron chi connectivity index (χ0n) is 12.4. The Morgan fingerprint density at radius 2 is 2.00 bits per heavy atom. The first kappa shape index (κ1) is 13.4. The van der Waals surface area contributed by atoms with Crippen LogP contribution in [0.1, 0.15) is 18.1 Å². The van der Waals surface area contributed by atoms with Crippen LogP contribution in [0.4, 0.5) is 5.82 Å². The number of hydrogen-bond acceptors (Lipinski definition) is 4. The summed E-state index contributed by atoms with van der Waals surface area (Å²) in [5, 5.41) is 0. The molecular formula is C17H19N3O2. The summed E-state index contributed by atoms with van der Waals surface area (Å²) in [6, 6.07) is 9.80. The van der Waals surface area contributed by atoms with Crippen LogP contribution in [0.2, 0.25) is 0 Å². The number of furan rings is 1. The predicted octanol–water partition coefficient (Wildman–Crippen LogP) is 2.13. The topological polar surface area (TPSA) is 49.6 Å². The Morgan fingerprint density at radius 3 is 2.68 bits per heavy atom. The largest absolute Gasteiger partial charge is 0.469 e. The van der Waals surface area contributed by atoms with Crippen molar-refractivity contribution in [2.75, 3.05) is 31.1 Å². The summed E-state index contributed by atoms with van der Waals surface area (Å²) in [7, 11) is 0. The summed E-state index contributed by atoms with van der Waals surface area (Å²) in [6.45, 7) is 3.25. The SMILES string of the molecule is O=C([C@@H]1C[C@@H]1c1ccco1)N1CCN(c2ccccn2)CC1. The van der Waals surface area contributed by atoms with Gasteiger partial charge in [-0.2, -0.15) is 0 Å². The maximum Gasteiger partial charge on any atom is 0.226 e. The van der Waals surface area contributed by atoms with Crippen LogP contribution in [0.25, 0.3) is 0 Å². The van der Waals surface area contributed by atoms with Crippen molar-refractivity contribution in [1.29, 1.82) is 0 Å². The Bertz CT molecular complexity index is 633. The number of anilines is 1. The standard InChI is InChI=1S/C17H19N3O2/c21-17(14-12-13(14)15-4-3-11-22-15)20-9-7-19(8-10-20)16-5-1-2-6-18-16/h1-6,11,13-14H,7-10,12H2/t13-,14+/m0/s1. The molecule has 2 aliphatic rings. The van der Waals surface area contributed by atoms with Crippen molar-refractivity contribution >= 4 is 11.7 Å². The normalized spacial score (nSPS) is 24.4. The molecule has 5 nitrogen and oxygen atoms in total. The minimum atomic E-state index is 0.118. The number of pyridine rings is 1. The Hall–Kier alpha value is -2.30. The number of aromatic nitrogens is 1. The Kier molecular flexibility index (Phi) is 3.33. The Balaban J connectivity index is 1.33. The molecule has 1 aliphatic heterocycles. The molecule has 3 heterocycles. The van der Waals surface area contributed by atoms with Gasteiger partial charge in [0.05, 0.1) is 6.26 Å². The lowest BCUT2D eigenvalue weighted by Crippen LogP contribution is -2.49. The highest BCUT2D eigenvalue weighted by molar-refractivity contribution is 5.83. The Labute approximate surface area is 129 Å². The first-order valence-electron chi connectivity index (χ1n) is 7.81. The zero-order valence-corrected chi connectivity index (χ0v) is 12.4. The van der Waals surface area contributed by atoms with Crippen LogP contribution in [0, 0.1) is 5.92 Å². The molecule has 1 saturated heterocycles. The van der Waals surface area contributed by atoms with E-state index in [1.165, 1.54) is 0 Å². The fourth-order valence-corrected chi connectivity index (χ4v) is 3.22. The van der Waals surface area contributed by atoms with Crippen molar-refractivity contribution in [2.45, 2.75) is 12.3 Å². The average Bonchev–Trinajstić information content (AvgIpc) is 3.20. The zero-order chi connectivity index (χ0) is 14.9. The van der Waals surface area contributed by atoms with E-state index in [-0.39, 0.29) is 17.7 Å². The van der Waals surface area contributed by atoms with Gasteiger partial charge in [0.1, 0.15) is 11.6 Å². The van der Waals surface area contributed by atoms with Crippen LogP contribution in [0.3, 0.4) is 0 Å². The molecule has 1 aliphatic carbocycles. The fourth-order valence-electron chi connectivity index (χ4n) is 3.22. The summed E-state index contributed by atoms with van der Waals surface area (Å²) in [6.07, 6.45) is 4.42. The summed E-state index contributed by atoms with van der Waals surface area (Å²) in [5.74, 6) is 2.63. The van der Waals surface area contributed by atoms with E-state index in [4.69, 9.17) is 4.42 Å². The van der Waals surface area contributed by atoms with Crippen LogP contribution >= 0.6 is 0 Å². The van der Waals surface area contributed by atoms with Crippen LogP contribution in [0.5, 0.6) is 0 Å². The molecule has 2 aromatic heterocycles. The summed E-state index contributed by atoms with van der Waals surface area (Å²) in [4.78, 5) is 21.2. The second-order valence-electron chi connectivity index (χ2n) is 5.96. The number of hydrogen-bond donors (Lipinski definition) is 0. The smallest absolute Gasteiger partial charge is 0.226 e. The third-order valence-electron chi connectivity index (χ3n) is 4.58. The molecule has 0 unspecified atom stereocenters. The number of amides is 1. The molecule has 1 saturated carbocycles. The molecule has 5 heteroatoms. The van der Waals surface area contributed by atoms with Crippen LogP contribution in [-0.4, -0.2) is 42.0 Å². The molecule has 114 valence electrons.